The summed E-state index contributed by atoms with van der Waals surface area (Å²) in [5, 5.41) is 17.5. The summed E-state index contributed by atoms with van der Waals surface area (Å²) in [6.45, 7) is 0. The zero-order valence-electron chi connectivity index (χ0n) is 8.35. The molecule has 0 saturated carbocycles. The third-order valence-electron chi connectivity index (χ3n) is 2.18. The van der Waals surface area contributed by atoms with Crippen LogP contribution in [0.25, 0.3) is 0 Å². The Balaban J connectivity index is 2.28. The molecule has 0 radical (unpaired) electrons. The average molecular weight is 210 g/mol. The normalized spacial score (nSPS) is 21.0. The molecule has 82 valence electrons. The average Bonchev–Trinajstić information content (AvgIpc) is 2.44. The lowest BCUT2D eigenvalue weighted by molar-refractivity contribution is -0.136. The molecule has 1 atom stereocenters. The van der Waals surface area contributed by atoms with Gasteiger partial charge in [0, 0.05) is 12.8 Å². The second kappa shape index (κ2) is 5.46. The fraction of sp³-hybridized carbons (Fsp3) is 0.455. The Morgan fingerprint density at radius 1 is 1.53 bits per heavy atom. The fourth-order valence-corrected chi connectivity index (χ4v) is 1.42. The monoisotopic (exact) mass is 210 g/mol. The lowest BCUT2D eigenvalue weighted by Gasteiger charge is -1.93. The molecule has 0 aromatic rings. The van der Waals surface area contributed by atoms with Crippen molar-refractivity contribution in [2.24, 2.45) is 0 Å². The summed E-state index contributed by atoms with van der Waals surface area (Å²) in [6.07, 6.45) is 5.67. The lowest BCUT2D eigenvalue weighted by atomic mass is 10.1. The van der Waals surface area contributed by atoms with Crippen molar-refractivity contribution < 1.29 is 19.8 Å². The summed E-state index contributed by atoms with van der Waals surface area (Å²) in [7, 11) is 0. The third kappa shape index (κ3) is 4.08. The van der Waals surface area contributed by atoms with Gasteiger partial charge in [-0.05, 0) is 24.5 Å². The van der Waals surface area contributed by atoms with Crippen LogP contribution in [0.4, 0.5) is 0 Å². The summed E-state index contributed by atoms with van der Waals surface area (Å²) < 4.78 is 0. The Morgan fingerprint density at radius 2 is 2.27 bits per heavy atom. The van der Waals surface area contributed by atoms with E-state index in [1.807, 2.05) is 0 Å². The minimum Gasteiger partial charge on any atom is -0.481 e. The van der Waals surface area contributed by atoms with Crippen molar-refractivity contribution in [3.63, 3.8) is 0 Å². The van der Waals surface area contributed by atoms with Gasteiger partial charge < -0.3 is 10.2 Å². The molecular weight excluding hydrogens is 196 g/mol. The van der Waals surface area contributed by atoms with Gasteiger partial charge in [-0.25, -0.2) is 0 Å². The first-order valence-corrected chi connectivity index (χ1v) is 4.88. The number of aliphatic hydroxyl groups is 1. The van der Waals surface area contributed by atoms with Crippen molar-refractivity contribution in [3.05, 3.63) is 23.8 Å². The van der Waals surface area contributed by atoms with E-state index in [1.54, 1.807) is 18.2 Å². The molecule has 0 heterocycles. The van der Waals surface area contributed by atoms with E-state index in [2.05, 4.69) is 0 Å². The number of carboxylic acids is 1. The molecule has 0 spiro atoms. The predicted molar refractivity (Wildman–Crippen MR) is 54.3 cm³/mol. The number of aliphatic hydroxyl groups excluding tert-OH is 1. The molecule has 1 aliphatic carbocycles. The van der Waals surface area contributed by atoms with Crippen LogP contribution in [-0.4, -0.2) is 28.1 Å². The van der Waals surface area contributed by atoms with Crippen molar-refractivity contribution >= 4 is 11.8 Å². The molecule has 15 heavy (non-hydrogen) atoms. The zero-order valence-corrected chi connectivity index (χ0v) is 8.35. The Morgan fingerprint density at radius 3 is 2.80 bits per heavy atom. The van der Waals surface area contributed by atoms with Gasteiger partial charge in [0.1, 0.15) is 0 Å². The van der Waals surface area contributed by atoms with Crippen LogP contribution in [-0.2, 0) is 9.59 Å². The number of aliphatic carboxylic acids is 1. The highest BCUT2D eigenvalue weighted by atomic mass is 16.4. The predicted octanol–water partition coefficient (Wildman–Crippen LogP) is 1.06. The minimum atomic E-state index is -0.828. The van der Waals surface area contributed by atoms with Gasteiger partial charge in [-0.2, -0.15) is 0 Å². The lowest BCUT2D eigenvalue weighted by Crippen LogP contribution is -2.00. The van der Waals surface area contributed by atoms with Crippen molar-refractivity contribution in [1.82, 2.24) is 0 Å². The van der Waals surface area contributed by atoms with Crippen LogP contribution in [0, 0.1) is 0 Å². The van der Waals surface area contributed by atoms with E-state index in [9.17, 15) is 9.59 Å². The molecule has 0 aromatic carbocycles. The van der Waals surface area contributed by atoms with Gasteiger partial charge >= 0.3 is 5.97 Å². The molecule has 0 saturated heterocycles. The van der Waals surface area contributed by atoms with Gasteiger partial charge in [0.15, 0.2) is 5.78 Å². The first kappa shape index (κ1) is 11.7. The molecule has 0 bridgehead atoms. The number of carbonyl (C=O) groups is 2. The largest absolute Gasteiger partial charge is 0.481 e. The van der Waals surface area contributed by atoms with Crippen LogP contribution in [0.5, 0.6) is 0 Å². The van der Waals surface area contributed by atoms with E-state index < -0.39 is 12.1 Å². The van der Waals surface area contributed by atoms with E-state index >= 15 is 0 Å². The van der Waals surface area contributed by atoms with Crippen LogP contribution in [0.15, 0.2) is 23.8 Å². The summed E-state index contributed by atoms with van der Waals surface area (Å²) in [6, 6.07) is 0. The highest BCUT2D eigenvalue weighted by Crippen LogP contribution is 2.18. The second-order valence-electron chi connectivity index (χ2n) is 3.49. The van der Waals surface area contributed by atoms with Crippen LogP contribution < -0.4 is 0 Å². The maximum Gasteiger partial charge on any atom is 0.303 e. The van der Waals surface area contributed by atoms with Crippen molar-refractivity contribution in [2.45, 2.75) is 31.8 Å². The summed E-state index contributed by atoms with van der Waals surface area (Å²) in [5.74, 6) is -0.850. The van der Waals surface area contributed by atoms with E-state index in [1.165, 1.54) is 0 Å². The molecule has 1 aliphatic rings. The maximum atomic E-state index is 11.2. The van der Waals surface area contributed by atoms with Gasteiger partial charge in [0.25, 0.3) is 0 Å². The number of allylic oxidation sites excluding steroid dienone is 3. The summed E-state index contributed by atoms with van der Waals surface area (Å²) in [4.78, 5) is 21.4. The molecule has 0 aromatic heterocycles. The Kier molecular flexibility index (Phi) is 4.24. The van der Waals surface area contributed by atoms with E-state index in [4.69, 9.17) is 10.2 Å². The van der Waals surface area contributed by atoms with Crippen LogP contribution >= 0.6 is 0 Å². The molecule has 4 nitrogen and oxygen atoms in total. The van der Waals surface area contributed by atoms with E-state index in [-0.39, 0.29) is 18.6 Å². The topological polar surface area (TPSA) is 74.6 Å². The maximum absolute atomic E-state index is 11.2. The SMILES string of the molecule is O=C(O)CCC=CCC1=CC(O)CC1=O. The number of carboxylic acid groups (broad SMARTS) is 1. The smallest absolute Gasteiger partial charge is 0.303 e. The third-order valence-corrected chi connectivity index (χ3v) is 2.18. The first-order valence-electron chi connectivity index (χ1n) is 4.88. The first-order chi connectivity index (χ1) is 7.09. The Bertz CT molecular complexity index is 315. The standard InChI is InChI=1S/C11H14O4/c12-9-6-8(10(13)7-9)4-2-1-3-5-11(14)15/h1-2,6,9,12H,3-5,7H2,(H,14,15). The quantitative estimate of drug-likeness (QED) is 0.665. The number of ketones is 1. The Hall–Kier alpha value is -1.42. The minimum absolute atomic E-state index is 0.0228. The van der Waals surface area contributed by atoms with Gasteiger partial charge in [-0.3, -0.25) is 9.59 Å². The summed E-state index contributed by atoms with van der Waals surface area (Å²) >= 11 is 0. The fourth-order valence-electron chi connectivity index (χ4n) is 1.42. The summed E-state index contributed by atoms with van der Waals surface area (Å²) in [5.41, 5.74) is 0.620. The molecular formula is C11H14O4. The molecule has 0 amide bonds. The second-order valence-corrected chi connectivity index (χ2v) is 3.49. The number of carbonyl (C=O) groups excluding carboxylic acids is 1. The van der Waals surface area contributed by atoms with Crippen LogP contribution in [0.2, 0.25) is 0 Å². The molecule has 0 fully saturated rings. The van der Waals surface area contributed by atoms with Gasteiger partial charge in [0.05, 0.1) is 6.10 Å². The van der Waals surface area contributed by atoms with Gasteiger partial charge in [0.2, 0.25) is 0 Å². The molecule has 1 rings (SSSR count). The number of hydrogen-bond acceptors (Lipinski definition) is 3. The molecule has 4 heteroatoms. The highest BCUT2D eigenvalue weighted by Gasteiger charge is 2.20. The van der Waals surface area contributed by atoms with Crippen molar-refractivity contribution in [3.8, 4) is 0 Å². The molecule has 2 N–H and O–H groups in total. The van der Waals surface area contributed by atoms with Crippen molar-refractivity contribution in [2.75, 3.05) is 0 Å². The molecule has 1 unspecified atom stereocenters. The van der Waals surface area contributed by atoms with Crippen LogP contribution in [0.1, 0.15) is 25.7 Å². The van der Waals surface area contributed by atoms with Gasteiger partial charge in [-0.1, -0.05) is 12.2 Å². The Labute approximate surface area is 87.9 Å². The van der Waals surface area contributed by atoms with E-state index in [0.29, 0.717) is 18.4 Å². The molecule has 0 aliphatic heterocycles. The van der Waals surface area contributed by atoms with Crippen LogP contribution in [0.3, 0.4) is 0 Å². The van der Waals surface area contributed by atoms with Crippen molar-refractivity contribution in [1.29, 1.82) is 0 Å². The number of hydrogen-bond donors (Lipinski definition) is 2. The zero-order chi connectivity index (χ0) is 11.3. The number of Topliss-reactive ketones (excluding diaryl/α,β-unsaturated/α-hetero) is 1. The van der Waals surface area contributed by atoms with E-state index in [0.717, 1.165) is 0 Å². The number of rotatable bonds is 5. The highest BCUT2D eigenvalue weighted by molar-refractivity contribution is 5.98. The van der Waals surface area contributed by atoms with Gasteiger partial charge in [-0.15, -0.1) is 0 Å².